The number of thiazole rings is 1. The molecule has 2 aromatic carbocycles. The van der Waals surface area contributed by atoms with E-state index in [0.717, 1.165) is 25.9 Å². The van der Waals surface area contributed by atoms with Crippen molar-refractivity contribution in [3.63, 3.8) is 0 Å². The molecule has 28 heavy (non-hydrogen) atoms. The third kappa shape index (κ3) is 3.73. The van der Waals surface area contributed by atoms with Crippen LogP contribution in [-0.4, -0.2) is 16.0 Å². The lowest BCUT2D eigenvalue weighted by Gasteiger charge is -2.06. The number of hydrogen-bond donors (Lipinski definition) is 2. The van der Waals surface area contributed by atoms with Crippen LogP contribution in [0.5, 0.6) is 0 Å². The Morgan fingerprint density at radius 3 is 2.68 bits per heavy atom. The Labute approximate surface area is 184 Å². The van der Waals surface area contributed by atoms with Crippen molar-refractivity contribution >= 4 is 94.5 Å². The van der Waals surface area contributed by atoms with E-state index in [9.17, 15) is 4.79 Å². The summed E-state index contributed by atoms with van der Waals surface area (Å²) in [5.41, 5.74) is 3.21. The van der Waals surface area contributed by atoms with Gasteiger partial charge in [0.2, 0.25) is 0 Å². The molecule has 0 saturated carbocycles. The van der Waals surface area contributed by atoms with Crippen LogP contribution < -0.4 is 10.6 Å². The van der Waals surface area contributed by atoms with E-state index in [1.165, 1.54) is 28.2 Å². The topological polar surface area (TPSA) is 54.0 Å². The number of carbonyl (C=O) groups excluding carboxylic acids is 1. The van der Waals surface area contributed by atoms with Gasteiger partial charge in [-0.05, 0) is 55.4 Å². The maximum Gasteiger partial charge on any atom is 0.269 e. The molecule has 0 saturated heterocycles. The van der Waals surface area contributed by atoms with Gasteiger partial charge in [0, 0.05) is 15.1 Å². The summed E-state index contributed by atoms with van der Waals surface area (Å²) in [5.74, 6) is -0.368. The number of thiophene rings is 1. The number of rotatable bonds is 2. The number of nitrogens with one attached hydrogen (secondary N) is 2. The second-order valence-electron chi connectivity index (χ2n) is 6.24. The van der Waals surface area contributed by atoms with Crippen molar-refractivity contribution in [1.82, 2.24) is 10.3 Å². The van der Waals surface area contributed by atoms with Gasteiger partial charge in [-0.2, -0.15) is 0 Å². The number of benzene rings is 2. The first-order valence-corrected chi connectivity index (χ1v) is 11.0. The molecule has 0 aliphatic rings. The molecule has 2 N–H and O–H groups in total. The van der Waals surface area contributed by atoms with E-state index in [-0.39, 0.29) is 11.0 Å². The molecule has 9 heteroatoms. The van der Waals surface area contributed by atoms with E-state index < -0.39 is 0 Å². The zero-order valence-corrected chi connectivity index (χ0v) is 18.7. The van der Waals surface area contributed by atoms with Crippen molar-refractivity contribution in [2.75, 3.05) is 5.32 Å². The lowest BCUT2D eigenvalue weighted by atomic mass is 10.1. The number of thiocarbonyl (C=S) groups is 1. The molecule has 0 atom stereocenters. The van der Waals surface area contributed by atoms with Crippen molar-refractivity contribution in [1.29, 1.82) is 0 Å². The Bertz CT molecular complexity index is 1260. The van der Waals surface area contributed by atoms with Crippen molar-refractivity contribution < 1.29 is 4.79 Å². The summed E-state index contributed by atoms with van der Waals surface area (Å²) < 4.78 is 1.91. The summed E-state index contributed by atoms with van der Waals surface area (Å²) in [6.45, 7) is 4.07. The minimum absolute atomic E-state index is 0.171. The fraction of sp³-hybridized carbons (Fsp3) is 0.105. The van der Waals surface area contributed by atoms with Crippen LogP contribution in [0.2, 0.25) is 10.0 Å². The third-order valence-electron chi connectivity index (χ3n) is 4.08. The fourth-order valence-corrected chi connectivity index (χ4v) is 5.89. The van der Waals surface area contributed by atoms with Gasteiger partial charge in [-0.25, -0.2) is 4.98 Å². The number of fused-ring (bicyclic) bond motifs is 2. The lowest BCUT2D eigenvalue weighted by molar-refractivity contribution is 0.0982. The highest BCUT2D eigenvalue weighted by Gasteiger charge is 2.19. The average molecular weight is 466 g/mol. The van der Waals surface area contributed by atoms with Crippen LogP contribution in [0.4, 0.5) is 5.13 Å². The smallest absolute Gasteiger partial charge is 0.269 e. The number of aromatic nitrogens is 1. The van der Waals surface area contributed by atoms with E-state index in [2.05, 4.69) is 27.8 Å². The minimum atomic E-state index is -0.368. The van der Waals surface area contributed by atoms with Gasteiger partial charge in [-0.3, -0.25) is 10.1 Å². The molecule has 4 rings (SSSR count). The Morgan fingerprint density at radius 2 is 1.89 bits per heavy atom. The molecule has 4 aromatic rings. The molecule has 142 valence electrons. The third-order valence-corrected chi connectivity index (χ3v) is 7.09. The van der Waals surface area contributed by atoms with Gasteiger partial charge in [0.05, 0.1) is 15.2 Å². The summed E-state index contributed by atoms with van der Waals surface area (Å²) in [4.78, 5) is 17.6. The quantitative estimate of drug-likeness (QED) is 0.329. The normalized spacial score (nSPS) is 11.1. The Balaban J connectivity index is 1.53. The van der Waals surface area contributed by atoms with Crippen LogP contribution in [0.25, 0.3) is 20.3 Å². The molecule has 2 heterocycles. The SMILES string of the molecule is Cc1cc(C)c2nc(NC(=S)NC(=O)c3sc4cc(Cl)ccc4c3Cl)sc2c1. The number of aryl methyl sites for hydroxylation is 2. The fourth-order valence-electron chi connectivity index (χ4n) is 2.90. The van der Waals surface area contributed by atoms with Crippen molar-refractivity contribution in [3.8, 4) is 0 Å². The van der Waals surface area contributed by atoms with Gasteiger partial charge in [0.25, 0.3) is 5.91 Å². The molecular formula is C19H13Cl2N3OS3. The number of carbonyl (C=O) groups is 1. The van der Waals surface area contributed by atoms with Gasteiger partial charge in [-0.15, -0.1) is 11.3 Å². The molecule has 4 nitrogen and oxygen atoms in total. The number of halogens is 2. The Kier molecular flexibility index (Phi) is 5.28. The number of anilines is 1. The highest BCUT2D eigenvalue weighted by molar-refractivity contribution is 7.80. The first-order chi connectivity index (χ1) is 13.3. The molecule has 0 spiro atoms. The van der Waals surface area contributed by atoms with E-state index >= 15 is 0 Å². The standard InChI is InChI=1S/C19H13Cl2N3OS3/c1-8-5-9(2)15-13(6-8)28-19(22-15)24-18(26)23-17(25)16-14(21)11-4-3-10(20)7-12(11)27-16/h3-7H,1-2H3,(H2,22,23,24,25,26). The molecule has 0 fully saturated rings. The summed E-state index contributed by atoms with van der Waals surface area (Å²) in [5, 5.41) is 8.23. The van der Waals surface area contributed by atoms with Crippen LogP contribution in [0.3, 0.4) is 0 Å². The van der Waals surface area contributed by atoms with Crippen LogP contribution in [0, 0.1) is 13.8 Å². The van der Waals surface area contributed by atoms with E-state index in [0.29, 0.717) is 20.1 Å². The molecule has 0 bridgehead atoms. The van der Waals surface area contributed by atoms with E-state index in [1.807, 2.05) is 13.8 Å². The van der Waals surface area contributed by atoms with Crippen molar-refractivity contribution in [2.24, 2.45) is 0 Å². The second kappa shape index (κ2) is 7.57. The largest absolute Gasteiger partial charge is 0.308 e. The monoisotopic (exact) mass is 465 g/mol. The summed E-state index contributed by atoms with van der Waals surface area (Å²) in [7, 11) is 0. The molecular weight excluding hydrogens is 453 g/mol. The van der Waals surface area contributed by atoms with Crippen molar-refractivity contribution in [3.05, 3.63) is 56.4 Å². The Morgan fingerprint density at radius 1 is 1.11 bits per heavy atom. The molecule has 2 aromatic heterocycles. The predicted molar refractivity (Wildman–Crippen MR) is 125 cm³/mol. The van der Waals surface area contributed by atoms with Gasteiger partial charge >= 0.3 is 0 Å². The van der Waals surface area contributed by atoms with Gasteiger partial charge in [-0.1, -0.05) is 46.7 Å². The molecule has 0 aliphatic heterocycles. The zero-order chi connectivity index (χ0) is 20.0. The molecule has 1 amide bonds. The van der Waals surface area contributed by atoms with E-state index in [4.69, 9.17) is 35.4 Å². The summed E-state index contributed by atoms with van der Waals surface area (Å²) in [6, 6.07) is 9.49. The first kappa shape index (κ1) is 19.5. The molecule has 0 unspecified atom stereocenters. The summed E-state index contributed by atoms with van der Waals surface area (Å²) >= 11 is 20.4. The molecule has 0 radical (unpaired) electrons. The number of nitrogens with zero attached hydrogens (tertiary/aromatic N) is 1. The highest BCUT2D eigenvalue weighted by Crippen LogP contribution is 2.36. The Hall–Kier alpha value is -1.77. The minimum Gasteiger partial charge on any atom is -0.308 e. The lowest BCUT2D eigenvalue weighted by Crippen LogP contribution is -2.33. The average Bonchev–Trinajstić information content (AvgIpc) is 3.15. The van der Waals surface area contributed by atoms with Gasteiger partial charge in [0.15, 0.2) is 10.2 Å². The second-order valence-corrected chi connectivity index (χ2v) is 9.55. The van der Waals surface area contributed by atoms with Crippen LogP contribution in [0.1, 0.15) is 20.8 Å². The van der Waals surface area contributed by atoms with Gasteiger partial charge < -0.3 is 5.32 Å². The van der Waals surface area contributed by atoms with E-state index in [1.54, 1.807) is 18.2 Å². The first-order valence-electron chi connectivity index (χ1n) is 8.19. The van der Waals surface area contributed by atoms with Crippen LogP contribution in [-0.2, 0) is 0 Å². The van der Waals surface area contributed by atoms with Crippen LogP contribution in [0.15, 0.2) is 30.3 Å². The molecule has 0 aliphatic carbocycles. The summed E-state index contributed by atoms with van der Waals surface area (Å²) in [6.07, 6.45) is 0. The predicted octanol–water partition coefficient (Wildman–Crippen LogP) is 6.56. The van der Waals surface area contributed by atoms with Crippen LogP contribution >= 0.6 is 58.1 Å². The number of hydrogen-bond acceptors (Lipinski definition) is 5. The van der Waals surface area contributed by atoms with Crippen molar-refractivity contribution in [2.45, 2.75) is 13.8 Å². The van der Waals surface area contributed by atoms with Gasteiger partial charge in [0.1, 0.15) is 4.88 Å². The highest BCUT2D eigenvalue weighted by atomic mass is 35.5. The maximum atomic E-state index is 12.6. The maximum absolute atomic E-state index is 12.6. The zero-order valence-electron chi connectivity index (χ0n) is 14.7. The number of amides is 1.